The summed E-state index contributed by atoms with van der Waals surface area (Å²) in [5.74, 6) is -0.222. The third kappa shape index (κ3) is 2.95. The maximum absolute atomic E-state index is 11.2. The van der Waals surface area contributed by atoms with Gasteiger partial charge >= 0.3 is 11.7 Å². The molecule has 7 nitrogen and oxygen atoms in total. The van der Waals surface area contributed by atoms with Crippen LogP contribution in [-0.2, 0) is 18.3 Å². The highest BCUT2D eigenvalue weighted by Crippen LogP contribution is 2.52. The molecule has 0 aliphatic heterocycles. The number of hydrogen-bond acceptors (Lipinski definition) is 5. The average molecular weight is 299 g/mol. The zero-order chi connectivity index (χ0) is 14.9. The Bertz CT molecular complexity index is 551. The Morgan fingerprint density at radius 3 is 2.70 bits per heavy atom. The lowest BCUT2D eigenvalue weighted by Crippen LogP contribution is -2.11. The molecule has 0 bridgehead atoms. The lowest BCUT2D eigenvalue weighted by molar-refractivity contribution is -0.388. The Hall–Kier alpha value is -1.57. The van der Waals surface area contributed by atoms with Crippen molar-refractivity contribution < 1.29 is 14.8 Å². The molecule has 1 N–H and O–H groups in total. The highest BCUT2D eigenvalue weighted by Gasteiger charge is 2.45. The second kappa shape index (κ2) is 5.43. The van der Waals surface area contributed by atoms with Crippen molar-refractivity contribution in [1.29, 1.82) is 0 Å². The van der Waals surface area contributed by atoms with Crippen molar-refractivity contribution in [3.8, 4) is 0 Å². The highest BCUT2D eigenvalue weighted by atomic mass is 32.2. The molecule has 0 atom stereocenters. The fourth-order valence-electron chi connectivity index (χ4n) is 2.23. The second-order valence-corrected chi connectivity index (χ2v) is 6.16. The van der Waals surface area contributed by atoms with Gasteiger partial charge < -0.3 is 5.11 Å². The minimum Gasteiger partial charge on any atom is -0.481 e. The van der Waals surface area contributed by atoms with Crippen molar-refractivity contribution >= 4 is 23.4 Å². The number of rotatable bonds is 7. The van der Waals surface area contributed by atoms with Crippen LogP contribution in [0.5, 0.6) is 0 Å². The van der Waals surface area contributed by atoms with E-state index in [1.54, 1.807) is 7.05 Å². The van der Waals surface area contributed by atoms with E-state index < -0.39 is 10.9 Å². The quantitative estimate of drug-likeness (QED) is 0.471. The van der Waals surface area contributed by atoms with Crippen LogP contribution in [0.2, 0.25) is 0 Å². The molecule has 2 rings (SSSR count). The topological polar surface area (TPSA) is 98.3 Å². The third-order valence-corrected chi connectivity index (χ3v) is 5.04. The van der Waals surface area contributed by atoms with Gasteiger partial charge in [-0.25, -0.2) is 0 Å². The predicted molar refractivity (Wildman–Crippen MR) is 73.9 cm³/mol. The molecule has 0 aromatic carbocycles. The van der Waals surface area contributed by atoms with Gasteiger partial charge in [0.05, 0.1) is 11.3 Å². The van der Waals surface area contributed by atoms with Gasteiger partial charge in [0.1, 0.15) is 5.69 Å². The SMILES string of the molecule is CCc1nn(C)c(SCC2(CC(=O)O)CC2)c1[N+](=O)[O-]. The van der Waals surface area contributed by atoms with Crippen LogP contribution in [0.4, 0.5) is 5.69 Å². The Kier molecular flexibility index (Phi) is 4.03. The maximum atomic E-state index is 11.2. The van der Waals surface area contributed by atoms with Crippen molar-refractivity contribution in [3.05, 3.63) is 15.8 Å². The smallest absolute Gasteiger partial charge is 0.323 e. The summed E-state index contributed by atoms with van der Waals surface area (Å²) in [6, 6.07) is 0. The lowest BCUT2D eigenvalue weighted by Gasteiger charge is -2.11. The average Bonchev–Trinajstić information content (AvgIpc) is 3.02. The van der Waals surface area contributed by atoms with E-state index in [1.165, 1.54) is 16.4 Å². The van der Waals surface area contributed by atoms with Gasteiger partial charge in [0.15, 0.2) is 5.03 Å². The van der Waals surface area contributed by atoms with Gasteiger partial charge in [0.25, 0.3) is 0 Å². The molecule has 20 heavy (non-hydrogen) atoms. The Balaban J connectivity index is 2.15. The maximum Gasteiger partial charge on any atom is 0.323 e. The van der Waals surface area contributed by atoms with Gasteiger partial charge in [-0.3, -0.25) is 19.6 Å². The number of thioether (sulfide) groups is 1. The minimum absolute atomic E-state index is 0.0612. The van der Waals surface area contributed by atoms with E-state index >= 15 is 0 Å². The third-order valence-electron chi connectivity index (χ3n) is 3.56. The van der Waals surface area contributed by atoms with Gasteiger partial charge in [-0.05, 0) is 24.7 Å². The van der Waals surface area contributed by atoms with E-state index in [-0.39, 0.29) is 17.5 Å². The van der Waals surface area contributed by atoms with Gasteiger partial charge in [-0.1, -0.05) is 18.7 Å². The Labute approximate surface area is 120 Å². The van der Waals surface area contributed by atoms with E-state index in [1.807, 2.05) is 6.92 Å². The van der Waals surface area contributed by atoms with Crippen molar-refractivity contribution in [1.82, 2.24) is 9.78 Å². The van der Waals surface area contributed by atoms with Crippen LogP contribution in [0.15, 0.2) is 5.03 Å². The van der Waals surface area contributed by atoms with Crippen molar-refractivity contribution in [2.24, 2.45) is 12.5 Å². The monoisotopic (exact) mass is 299 g/mol. The highest BCUT2D eigenvalue weighted by molar-refractivity contribution is 7.99. The van der Waals surface area contributed by atoms with E-state index in [0.29, 0.717) is 22.9 Å². The van der Waals surface area contributed by atoms with E-state index in [0.717, 1.165) is 12.8 Å². The number of aliphatic carboxylic acids is 1. The fraction of sp³-hybridized carbons (Fsp3) is 0.667. The number of carboxylic acid groups (broad SMARTS) is 1. The standard InChI is InChI=1S/C12H17N3O4S/c1-3-8-10(15(18)19)11(14(2)13-8)20-7-12(4-5-12)6-9(16)17/h3-7H2,1-2H3,(H,16,17). The first-order valence-corrected chi connectivity index (χ1v) is 7.42. The second-order valence-electron chi connectivity index (χ2n) is 5.19. The largest absolute Gasteiger partial charge is 0.481 e. The summed E-state index contributed by atoms with van der Waals surface area (Å²) in [7, 11) is 1.69. The lowest BCUT2D eigenvalue weighted by atomic mass is 10.1. The number of nitro groups is 1. The number of nitrogens with zero attached hydrogens (tertiary/aromatic N) is 3. The molecule has 1 aliphatic carbocycles. The molecule has 1 aliphatic rings. The van der Waals surface area contributed by atoms with Crippen LogP contribution in [0, 0.1) is 15.5 Å². The van der Waals surface area contributed by atoms with Crippen LogP contribution in [0.3, 0.4) is 0 Å². The molecular formula is C12H17N3O4S. The van der Waals surface area contributed by atoms with Crippen LogP contribution >= 0.6 is 11.8 Å². The number of carboxylic acids is 1. The normalized spacial score (nSPS) is 16.1. The molecular weight excluding hydrogens is 282 g/mol. The predicted octanol–water partition coefficient (Wildman–Crippen LogP) is 2.24. The van der Waals surface area contributed by atoms with Gasteiger partial charge in [-0.2, -0.15) is 5.10 Å². The number of hydrogen-bond donors (Lipinski definition) is 1. The van der Waals surface area contributed by atoms with E-state index in [9.17, 15) is 14.9 Å². The van der Waals surface area contributed by atoms with Gasteiger partial charge in [0, 0.05) is 12.8 Å². The van der Waals surface area contributed by atoms with Gasteiger partial charge in [-0.15, -0.1) is 0 Å². The molecule has 0 spiro atoms. The van der Waals surface area contributed by atoms with Crippen LogP contribution in [-0.4, -0.2) is 31.5 Å². The fourth-order valence-corrected chi connectivity index (χ4v) is 3.62. The summed E-state index contributed by atoms with van der Waals surface area (Å²) in [5, 5.41) is 24.8. The number of aryl methyl sites for hydroxylation is 2. The van der Waals surface area contributed by atoms with Crippen LogP contribution in [0.1, 0.15) is 31.9 Å². The molecule has 8 heteroatoms. The molecule has 0 radical (unpaired) electrons. The summed E-state index contributed by atoms with van der Waals surface area (Å²) >= 11 is 1.35. The molecule has 0 saturated heterocycles. The number of aromatic nitrogens is 2. The number of carbonyl (C=O) groups is 1. The Morgan fingerprint density at radius 2 is 2.25 bits per heavy atom. The summed E-state index contributed by atoms with van der Waals surface area (Å²) in [4.78, 5) is 21.6. The van der Waals surface area contributed by atoms with Crippen molar-refractivity contribution in [2.75, 3.05) is 5.75 Å². The molecule has 1 heterocycles. The zero-order valence-electron chi connectivity index (χ0n) is 11.5. The van der Waals surface area contributed by atoms with E-state index in [4.69, 9.17) is 5.11 Å². The molecule has 0 amide bonds. The van der Waals surface area contributed by atoms with Crippen molar-refractivity contribution in [2.45, 2.75) is 37.6 Å². The molecule has 0 unspecified atom stereocenters. The molecule has 1 aromatic rings. The summed E-state index contributed by atoms with van der Waals surface area (Å²) < 4.78 is 1.53. The van der Waals surface area contributed by atoms with Gasteiger partial charge in [0.2, 0.25) is 0 Å². The Morgan fingerprint density at radius 1 is 1.60 bits per heavy atom. The molecule has 1 aromatic heterocycles. The minimum atomic E-state index is -0.808. The molecule has 1 fully saturated rings. The first kappa shape index (κ1) is 14.8. The molecule has 110 valence electrons. The first-order chi connectivity index (χ1) is 9.38. The van der Waals surface area contributed by atoms with Crippen LogP contribution < -0.4 is 0 Å². The van der Waals surface area contributed by atoms with E-state index in [2.05, 4.69) is 5.10 Å². The molecule has 1 saturated carbocycles. The summed E-state index contributed by atoms with van der Waals surface area (Å²) in [6.45, 7) is 1.83. The van der Waals surface area contributed by atoms with Crippen LogP contribution in [0.25, 0.3) is 0 Å². The summed E-state index contributed by atoms with van der Waals surface area (Å²) in [6.07, 6.45) is 2.38. The summed E-state index contributed by atoms with van der Waals surface area (Å²) in [5.41, 5.74) is 0.343. The first-order valence-electron chi connectivity index (χ1n) is 6.43. The van der Waals surface area contributed by atoms with Crippen molar-refractivity contribution in [3.63, 3.8) is 0 Å². The zero-order valence-corrected chi connectivity index (χ0v) is 12.3.